The molecule has 6 nitrogen and oxygen atoms in total. The third-order valence-electron chi connectivity index (χ3n) is 1.58. The van der Waals surface area contributed by atoms with Crippen molar-refractivity contribution in [3.63, 3.8) is 0 Å². The van der Waals surface area contributed by atoms with Gasteiger partial charge in [0.25, 0.3) is 0 Å². The maximum Gasteiger partial charge on any atom is 0.365 e. The number of carbonyl (C=O) groups is 1. The van der Waals surface area contributed by atoms with E-state index in [1.807, 2.05) is 0 Å². The van der Waals surface area contributed by atoms with Crippen LogP contribution in [0.5, 0.6) is 0 Å². The predicted molar refractivity (Wildman–Crippen MR) is 48.8 cm³/mol. The summed E-state index contributed by atoms with van der Waals surface area (Å²) in [4.78, 5) is 19.2. The van der Waals surface area contributed by atoms with Crippen molar-refractivity contribution in [2.45, 2.75) is 12.2 Å². The minimum absolute atomic E-state index is 0.117. The van der Waals surface area contributed by atoms with Gasteiger partial charge in [0.2, 0.25) is 0 Å². The maximum absolute atomic E-state index is 10.5. The van der Waals surface area contributed by atoms with Crippen LogP contribution in [-0.4, -0.2) is 49.7 Å². The monoisotopic (exact) mass is 218 g/mol. The van der Waals surface area contributed by atoms with Crippen molar-refractivity contribution in [3.05, 3.63) is 12.7 Å². The van der Waals surface area contributed by atoms with Crippen LogP contribution in [0.1, 0.15) is 0 Å². The largest absolute Gasteiger partial charge is 0.388 e. The number of rotatable bonds is 8. The molecule has 0 amide bonds. The molecule has 1 heterocycles. The van der Waals surface area contributed by atoms with Crippen LogP contribution in [0.25, 0.3) is 0 Å². The first kappa shape index (κ1) is 12.1. The Balaban J connectivity index is 1.90. The van der Waals surface area contributed by atoms with Crippen molar-refractivity contribution in [1.82, 2.24) is 0 Å². The van der Waals surface area contributed by atoms with Crippen LogP contribution in [0.3, 0.4) is 0 Å². The van der Waals surface area contributed by atoms with Crippen LogP contribution in [0.2, 0.25) is 0 Å². The van der Waals surface area contributed by atoms with Gasteiger partial charge in [-0.1, -0.05) is 6.58 Å². The molecule has 0 spiro atoms. The normalized spacial score (nSPS) is 20.7. The summed E-state index contributed by atoms with van der Waals surface area (Å²) in [6.07, 6.45) is 0.297. The Morgan fingerprint density at radius 1 is 1.67 bits per heavy atom. The van der Waals surface area contributed by atoms with E-state index in [1.165, 1.54) is 0 Å². The van der Waals surface area contributed by atoms with E-state index in [2.05, 4.69) is 16.4 Å². The van der Waals surface area contributed by atoms with Gasteiger partial charge in [0, 0.05) is 6.08 Å². The molecule has 1 fully saturated rings. The average Bonchev–Trinajstić information content (AvgIpc) is 3.01. The van der Waals surface area contributed by atoms with Crippen molar-refractivity contribution < 1.29 is 29.1 Å². The molecular weight excluding hydrogens is 204 g/mol. The summed E-state index contributed by atoms with van der Waals surface area (Å²) in [6.45, 7) is 4.34. The summed E-state index contributed by atoms with van der Waals surface area (Å²) < 4.78 is 9.99. The Kier molecular flexibility index (Phi) is 5.27. The first-order valence-corrected chi connectivity index (χ1v) is 4.55. The van der Waals surface area contributed by atoms with Gasteiger partial charge in [-0.3, -0.25) is 4.89 Å². The van der Waals surface area contributed by atoms with E-state index in [1.54, 1.807) is 0 Å². The van der Waals surface area contributed by atoms with Crippen LogP contribution in [0.15, 0.2) is 12.7 Å². The molecule has 0 aromatic carbocycles. The lowest BCUT2D eigenvalue weighted by molar-refractivity contribution is -0.278. The van der Waals surface area contributed by atoms with Gasteiger partial charge in [-0.2, -0.15) is 4.89 Å². The highest BCUT2D eigenvalue weighted by atomic mass is 17.2. The van der Waals surface area contributed by atoms with Gasteiger partial charge in [-0.05, 0) is 0 Å². The predicted octanol–water partition coefficient (Wildman–Crippen LogP) is -0.577. The van der Waals surface area contributed by atoms with Crippen molar-refractivity contribution in [3.8, 4) is 0 Å². The Morgan fingerprint density at radius 2 is 2.40 bits per heavy atom. The minimum Gasteiger partial charge on any atom is -0.388 e. The first-order valence-electron chi connectivity index (χ1n) is 4.55. The van der Waals surface area contributed by atoms with Crippen LogP contribution in [-0.2, 0) is 24.0 Å². The lowest BCUT2D eigenvalue weighted by atomic mass is 10.4. The number of carbonyl (C=O) groups excluding carboxylic acids is 1. The number of aliphatic hydroxyl groups is 1. The lowest BCUT2D eigenvalue weighted by Gasteiger charge is -2.09. The third-order valence-corrected chi connectivity index (χ3v) is 1.58. The minimum atomic E-state index is -0.832. The van der Waals surface area contributed by atoms with Crippen LogP contribution < -0.4 is 0 Å². The molecule has 0 bridgehead atoms. The van der Waals surface area contributed by atoms with Crippen molar-refractivity contribution in [2.24, 2.45) is 0 Å². The molecule has 2 atom stereocenters. The van der Waals surface area contributed by atoms with Gasteiger partial charge in [-0.25, -0.2) is 4.79 Å². The molecule has 0 saturated carbocycles. The molecule has 0 aromatic rings. The van der Waals surface area contributed by atoms with E-state index in [0.717, 1.165) is 6.08 Å². The van der Waals surface area contributed by atoms with Gasteiger partial charge in [0.05, 0.1) is 19.8 Å². The molecule has 6 heteroatoms. The number of hydrogen-bond acceptors (Lipinski definition) is 6. The molecule has 0 aromatic heterocycles. The molecule has 1 N–H and O–H groups in total. The topological polar surface area (TPSA) is 77.5 Å². The summed E-state index contributed by atoms with van der Waals surface area (Å²) in [6, 6.07) is 0. The Morgan fingerprint density at radius 3 is 3.00 bits per heavy atom. The summed E-state index contributed by atoms with van der Waals surface area (Å²) in [5.74, 6) is -0.700. The molecule has 1 aliphatic heterocycles. The highest BCUT2D eigenvalue weighted by Crippen LogP contribution is 2.08. The van der Waals surface area contributed by atoms with Crippen molar-refractivity contribution in [1.29, 1.82) is 0 Å². The molecule has 1 rings (SSSR count). The average molecular weight is 218 g/mol. The zero-order valence-electron chi connectivity index (χ0n) is 8.26. The molecule has 15 heavy (non-hydrogen) atoms. The fourth-order valence-electron chi connectivity index (χ4n) is 0.753. The van der Waals surface area contributed by atoms with Crippen molar-refractivity contribution >= 4 is 5.97 Å². The molecule has 2 unspecified atom stereocenters. The SMILES string of the molecule is C=CC(=O)OOCC(O)COCC1CO1. The van der Waals surface area contributed by atoms with Gasteiger partial charge in [0.15, 0.2) is 0 Å². The van der Waals surface area contributed by atoms with Gasteiger partial charge >= 0.3 is 5.97 Å². The standard InChI is InChI=1S/C9H14O6/c1-2-9(11)15-14-4-7(10)3-12-5-8-6-13-8/h2,7-8,10H,1,3-6H2. The van der Waals surface area contributed by atoms with E-state index in [0.29, 0.717) is 13.2 Å². The Labute approximate surface area is 87.3 Å². The lowest BCUT2D eigenvalue weighted by Crippen LogP contribution is -2.23. The summed E-state index contributed by atoms with van der Waals surface area (Å²) in [5.41, 5.74) is 0. The van der Waals surface area contributed by atoms with E-state index < -0.39 is 12.1 Å². The zero-order valence-corrected chi connectivity index (χ0v) is 8.26. The second-order valence-electron chi connectivity index (χ2n) is 3.04. The van der Waals surface area contributed by atoms with Crippen LogP contribution >= 0.6 is 0 Å². The molecular formula is C9H14O6. The molecule has 1 saturated heterocycles. The quantitative estimate of drug-likeness (QED) is 0.254. The fourth-order valence-corrected chi connectivity index (χ4v) is 0.753. The van der Waals surface area contributed by atoms with E-state index in [4.69, 9.17) is 9.47 Å². The molecule has 86 valence electrons. The fraction of sp³-hybridized carbons (Fsp3) is 0.667. The first-order chi connectivity index (χ1) is 7.22. The third kappa shape index (κ3) is 6.19. The Bertz CT molecular complexity index is 213. The number of epoxide rings is 1. The van der Waals surface area contributed by atoms with Gasteiger partial charge in [-0.15, -0.1) is 0 Å². The summed E-state index contributed by atoms with van der Waals surface area (Å²) in [7, 11) is 0. The molecule has 0 radical (unpaired) electrons. The van der Waals surface area contributed by atoms with E-state index in [9.17, 15) is 9.90 Å². The number of ether oxygens (including phenoxy) is 2. The molecule has 0 aliphatic carbocycles. The van der Waals surface area contributed by atoms with E-state index in [-0.39, 0.29) is 19.3 Å². The smallest absolute Gasteiger partial charge is 0.365 e. The zero-order chi connectivity index (χ0) is 11.1. The second kappa shape index (κ2) is 6.52. The maximum atomic E-state index is 10.5. The van der Waals surface area contributed by atoms with Crippen molar-refractivity contribution in [2.75, 3.05) is 26.4 Å². The van der Waals surface area contributed by atoms with Gasteiger partial charge < -0.3 is 14.6 Å². The van der Waals surface area contributed by atoms with E-state index >= 15 is 0 Å². The highest BCUT2D eigenvalue weighted by molar-refractivity contribution is 5.80. The van der Waals surface area contributed by atoms with Crippen LogP contribution in [0.4, 0.5) is 0 Å². The second-order valence-corrected chi connectivity index (χ2v) is 3.04. The van der Waals surface area contributed by atoms with Gasteiger partial charge in [0.1, 0.15) is 18.8 Å². The number of aliphatic hydroxyl groups excluding tert-OH is 1. The number of hydrogen-bond donors (Lipinski definition) is 1. The summed E-state index contributed by atoms with van der Waals surface area (Å²) >= 11 is 0. The highest BCUT2D eigenvalue weighted by Gasteiger charge is 2.22. The molecule has 1 aliphatic rings. The van der Waals surface area contributed by atoms with Crippen LogP contribution in [0, 0.1) is 0 Å². The Hall–Kier alpha value is -0.950. The summed E-state index contributed by atoms with van der Waals surface area (Å²) in [5, 5.41) is 9.26.